The number of nitrogens with zero attached hydrogens (tertiary/aromatic N) is 4. The van der Waals surface area contributed by atoms with Crippen LogP contribution >= 0.6 is 0 Å². The lowest BCUT2D eigenvalue weighted by Gasteiger charge is -2.46. The quantitative estimate of drug-likeness (QED) is 0.269. The van der Waals surface area contributed by atoms with E-state index in [1.807, 2.05) is 50.9 Å². The number of ether oxygens (including phenoxy) is 1. The van der Waals surface area contributed by atoms with Gasteiger partial charge in [0.2, 0.25) is 0 Å². The van der Waals surface area contributed by atoms with Crippen molar-refractivity contribution in [2.75, 3.05) is 0 Å². The van der Waals surface area contributed by atoms with Gasteiger partial charge >= 0.3 is 12.3 Å². The van der Waals surface area contributed by atoms with E-state index >= 15 is 0 Å². The van der Waals surface area contributed by atoms with E-state index in [0.29, 0.717) is 16.8 Å². The van der Waals surface area contributed by atoms with Gasteiger partial charge < -0.3 is 9.30 Å². The van der Waals surface area contributed by atoms with Crippen molar-refractivity contribution in [2.24, 2.45) is 7.05 Å². The zero-order valence-electron chi connectivity index (χ0n) is 23.3. The second-order valence-electron chi connectivity index (χ2n) is 11.9. The van der Waals surface area contributed by atoms with Crippen LogP contribution in [0.4, 0.5) is 18.0 Å². The fourth-order valence-electron chi connectivity index (χ4n) is 6.26. The SMILES string of the molecule is Cn1c2c(c3ccc(-n4ccc(-c5ccc(C(F)(F)F)nc5)cc4=O)cc31)C1CCCC(C2)N1C(=O)OC(C)(C)C. The lowest BCUT2D eigenvalue weighted by Crippen LogP contribution is -2.51. The molecule has 1 fully saturated rings. The van der Waals surface area contributed by atoms with E-state index in [0.717, 1.165) is 54.4 Å². The first-order valence-corrected chi connectivity index (χ1v) is 13.7. The molecule has 6 rings (SSSR count). The van der Waals surface area contributed by atoms with Crippen molar-refractivity contribution in [3.8, 4) is 16.8 Å². The largest absolute Gasteiger partial charge is 0.444 e. The normalized spacial score (nSPS) is 18.9. The molecule has 0 N–H and O–H groups in total. The van der Waals surface area contributed by atoms with Gasteiger partial charge in [-0.15, -0.1) is 0 Å². The molecule has 0 radical (unpaired) electrons. The molecule has 10 heteroatoms. The number of carbonyl (C=O) groups excluding carboxylic acids is 1. The highest BCUT2D eigenvalue weighted by Crippen LogP contribution is 2.46. The standard InChI is InChI=1S/C31H31F3N4O3/c1-30(2,3)41-29(40)38-21-6-5-7-23(38)28-22-10-9-20(15-24(22)36(4)25(28)16-21)37-13-12-18(14-27(37)39)19-8-11-26(35-17-19)31(32,33)34/h8-15,17,21,23H,5-7,16H2,1-4H3. The van der Waals surface area contributed by atoms with E-state index in [2.05, 4.69) is 9.55 Å². The van der Waals surface area contributed by atoms with Crippen LogP contribution in [0.5, 0.6) is 0 Å². The molecule has 2 atom stereocenters. The maximum atomic E-state index is 13.3. The van der Waals surface area contributed by atoms with Crippen molar-refractivity contribution in [1.82, 2.24) is 19.0 Å². The summed E-state index contributed by atoms with van der Waals surface area (Å²) >= 11 is 0. The number of piperidine rings is 1. The summed E-state index contributed by atoms with van der Waals surface area (Å²) in [5, 5.41) is 1.05. The monoisotopic (exact) mass is 564 g/mol. The Balaban J connectivity index is 1.35. The number of halogens is 3. The van der Waals surface area contributed by atoms with Crippen LogP contribution in [0.15, 0.2) is 59.7 Å². The first-order valence-electron chi connectivity index (χ1n) is 13.7. The fourth-order valence-corrected chi connectivity index (χ4v) is 6.26. The second-order valence-corrected chi connectivity index (χ2v) is 11.9. The molecule has 2 aliphatic rings. The smallest absolute Gasteiger partial charge is 0.433 e. The Hall–Kier alpha value is -4.08. The number of aryl methyl sites for hydroxylation is 1. The van der Waals surface area contributed by atoms with Crippen LogP contribution < -0.4 is 5.56 Å². The molecule has 5 heterocycles. The van der Waals surface area contributed by atoms with Gasteiger partial charge in [0.1, 0.15) is 11.3 Å². The Morgan fingerprint density at radius 3 is 2.46 bits per heavy atom. The topological polar surface area (TPSA) is 69.4 Å². The van der Waals surface area contributed by atoms with Crippen molar-refractivity contribution in [3.63, 3.8) is 0 Å². The molecule has 0 aliphatic carbocycles. The van der Waals surface area contributed by atoms with Crippen LogP contribution in [-0.4, -0.2) is 36.8 Å². The predicted molar refractivity (Wildman–Crippen MR) is 149 cm³/mol. The van der Waals surface area contributed by atoms with Gasteiger partial charge in [-0.2, -0.15) is 13.2 Å². The average Bonchev–Trinajstić information content (AvgIpc) is 3.17. The van der Waals surface area contributed by atoms with Gasteiger partial charge in [0.25, 0.3) is 5.56 Å². The summed E-state index contributed by atoms with van der Waals surface area (Å²) in [5.74, 6) is 0. The van der Waals surface area contributed by atoms with Gasteiger partial charge in [0.05, 0.1) is 17.2 Å². The van der Waals surface area contributed by atoms with Crippen LogP contribution in [0.25, 0.3) is 27.7 Å². The number of hydrogen-bond acceptors (Lipinski definition) is 4. The van der Waals surface area contributed by atoms with Crippen LogP contribution in [-0.2, 0) is 24.4 Å². The Kier molecular flexibility index (Phi) is 6.28. The van der Waals surface area contributed by atoms with Crippen LogP contribution in [0.1, 0.15) is 63.0 Å². The molecule has 7 nitrogen and oxygen atoms in total. The zero-order chi connectivity index (χ0) is 29.3. The molecule has 214 valence electrons. The van der Waals surface area contributed by atoms with Crippen LogP contribution in [0.2, 0.25) is 0 Å². The highest BCUT2D eigenvalue weighted by molar-refractivity contribution is 5.89. The number of benzene rings is 1. The maximum absolute atomic E-state index is 13.3. The van der Waals surface area contributed by atoms with Crippen LogP contribution in [0.3, 0.4) is 0 Å². The lowest BCUT2D eigenvalue weighted by atomic mass is 9.82. The molecule has 4 aromatic rings. The van der Waals surface area contributed by atoms with Crippen molar-refractivity contribution in [3.05, 3.63) is 82.2 Å². The minimum Gasteiger partial charge on any atom is -0.444 e. The molecule has 0 spiro atoms. The van der Waals surface area contributed by atoms with Crippen molar-refractivity contribution >= 4 is 17.0 Å². The van der Waals surface area contributed by atoms with E-state index in [9.17, 15) is 22.8 Å². The number of pyridine rings is 2. The predicted octanol–water partition coefficient (Wildman–Crippen LogP) is 6.80. The summed E-state index contributed by atoms with van der Waals surface area (Å²) in [7, 11) is 2.02. The molecular weight excluding hydrogens is 533 g/mol. The van der Waals surface area contributed by atoms with Crippen molar-refractivity contribution in [1.29, 1.82) is 0 Å². The summed E-state index contributed by atoms with van der Waals surface area (Å²) in [6.45, 7) is 5.64. The van der Waals surface area contributed by atoms with Gasteiger partial charge in [0, 0.05) is 60.2 Å². The highest BCUT2D eigenvalue weighted by atomic mass is 19.4. The Morgan fingerprint density at radius 2 is 1.80 bits per heavy atom. The summed E-state index contributed by atoms with van der Waals surface area (Å²) in [6, 6.07) is 11.2. The molecular formula is C31H31F3N4O3. The van der Waals surface area contributed by atoms with Crippen molar-refractivity contribution in [2.45, 2.75) is 70.3 Å². The summed E-state index contributed by atoms with van der Waals surface area (Å²) in [4.78, 5) is 31.8. The first-order chi connectivity index (χ1) is 19.3. The number of alkyl halides is 3. The third-order valence-electron chi connectivity index (χ3n) is 8.04. The van der Waals surface area contributed by atoms with Gasteiger partial charge in [-0.3, -0.25) is 19.2 Å². The molecule has 2 aliphatic heterocycles. The minimum atomic E-state index is -4.52. The van der Waals surface area contributed by atoms with Gasteiger partial charge in [-0.05, 0) is 69.9 Å². The highest BCUT2D eigenvalue weighted by Gasteiger charge is 2.44. The van der Waals surface area contributed by atoms with Gasteiger partial charge in [-0.25, -0.2) is 4.79 Å². The molecule has 2 bridgehead atoms. The first kappa shape index (κ1) is 27.1. The number of carbonyl (C=O) groups is 1. The number of fused-ring (bicyclic) bond motifs is 6. The van der Waals surface area contributed by atoms with Gasteiger partial charge in [0.15, 0.2) is 0 Å². The summed E-state index contributed by atoms with van der Waals surface area (Å²) in [5.41, 5.74) is 3.02. The molecule has 0 saturated carbocycles. The third-order valence-corrected chi connectivity index (χ3v) is 8.04. The van der Waals surface area contributed by atoms with E-state index in [4.69, 9.17) is 4.74 Å². The zero-order valence-corrected chi connectivity index (χ0v) is 23.3. The number of hydrogen-bond donors (Lipinski definition) is 0. The van der Waals surface area contributed by atoms with Crippen LogP contribution in [0, 0.1) is 0 Å². The van der Waals surface area contributed by atoms with E-state index in [-0.39, 0.29) is 23.7 Å². The molecule has 1 saturated heterocycles. The lowest BCUT2D eigenvalue weighted by molar-refractivity contribution is -0.141. The minimum absolute atomic E-state index is 0.0683. The molecule has 2 unspecified atom stereocenters. The van der Waals surface area contributed by atoms with E-state index in [1.165, 1.54) is 22.4 Å². The third kappa shape index (κ3) is 4.79. The number of rotatable bonds is 2. The Labute approximate surface area is 235 Å². The Bertz CT molecular complexity index is 1710. The number of amides is 1. The second kappa shape index (κ2) is 9.49. The molecule has 41 heavy (non-hydrogen) atoms. The maximum Gasteiger partial charge on any atom is 0.433 e. The average molecular weight is 565 g/mol. The molecule has 3 aromatic heterocycles. The molecule has 1 amide bonds. The van der Waals surface area contributed by atoms with E-state index in [1.54, 1.807) is 12.3 Å². The van der Waals surface area contributed by atoms with Crippen molar-refractivity contribution < 1.29 is 22.7 Å². The summed E-state index contributed by atoms with van der Waals surface area (Å²) < 4.78 is 48.1. The Morgan fingerprint density at radius 1 is 1.02 bits per heavy atom. The number of aromatic nitrogens is 3. The van der Waals surface area contributed by atoms with Gasteiger partial charge in [-0.1, -0.05) is 12.1 Å². The van der Waals surface area contributed by atoms with E-state index < -0.39 is 17.5 Å². The summed E-state index contributed by atoms with van der Waals surface area (Å²) in [6.07, 6.45) is 1.52. The fraction of sp³-hybridized carbons (Fsp3) is 0.387. The molecule has 1 aromatic carbocycles.